The largest absolute Gasteiger partial charge is 0.460 e. The van der Waals surface area contributed by atoms with Crippen LogP contribution in [0.3, 0.4) is 0 Å². The number of hydrogen-bond donors (Lipinski definition) is 1. The van der Waals surface area contributed by atoms with Crippen LogP contribution in [0, 0.1) is 18.8 Å². The van der Waals surface area contributed by atoms with Gasteiger partial charge in [-0.05, 0) is 67.3 Å². The SMILES string of the molecule is Cc1ccc(S(=O)(=O)NC(COC(=O)c2ccccc2)C(Cc2ccccc2)C(=O)N2C(=O)[C@@H](Cc3ccccc3)[C@H]2COC(=O)c2ccccc2)cc1. The fourth-order valence-corrected chi connectivity index (χ4v) is 7.73. The molecule has 2 amide bonds. The summed E-state index contributed by atoms with van der Waals surface area (Å²) in [6.45, 7) is 1.03. The number of ether oxygens (including phenoxy) is 2. The van der Waals surface area contributed by atoms with Gasteiger partial charge in [0.15, 0.2) is 0 Å². The molecule has 5 aromatic rings. The average Bonchev–Trinajstić information content (AvgIpc) is 3.20. The van der Waals surface area contributed by atoms with Crippen LogP contribution in [-0.2, 0) is 41.9 Å². The first-order valence-electron chi connectivity index (χ1n) is 17.6. The van der Waals surface area contributed by atoms with Gasteiger partial charge in [-0.2, -0.15) is 0 Å². The van der Waals surface area contributed by atoms with E-state index in [1.165, 1.54) is 12.1 Å². The molecule has 10 nitrogen and oxygen atoms in total. The lowest BCUT2D eigenvalue weighted by atomic mass is 9.80. The van der Waals surface area contributed by atoms with Crippen molar-refractivity contribution in [1.29, 1.82) is 0 Å². The van der Waals surface area contributed by atoms with E-state index in [0.29, 0.717) is 17.5 Å². The number of hydrogen-bond acceptors (Lipinski definition) is 8. The molecule has 1 heterocycles. The summed E-state index contributed by atoms with van der Waals surface area (Å²) >= 11 is 0. The van der Waals surface area contributed by atoms with Gasteiger partial charge in [0.05, 0.1) is 39.9 Å². The van der Waals surface area contributed by atoms with Crippen molar-refractivity contribution >= 4 is 33.8 Å². The van der Waals surface area contributed by atoms with Gasteiger partial charge in [0, 0.05) is 0 Å². The van der Waals surface area contributed by atoms with Crippen molar-refractivity contribution in [1.82, 2.24) is 9.62 Å². The molecule has 5 aromatic carbocycles. The Balaban J connectivity index is 1.35. The molecule has 1 saturated heterocycles. The third-order valence-corrected chi connectivity index (χ3v) is 10.9. The summed E-state index contributed by atoms with van der Waals surface area (Å²) < 4.78 is 41.8. The van der Waals surface area contributed by atoms with Crippen LogP contribution in [0.15, 0.2) is 150 Å². The van der Waals surface area contributed by atoms with Gasteiger partial charge in [-0.25, -0.2) is 22.7 Å². The van der Waals surface area contributed by atoms with Crippen molar-refractivity contribution in [3.8, 4) is 0 Å². The van der Waals surface area contributed by atoms with Crippen molar-refractivity contribution in [2.45, 2.75) is 36.7 Å². The van der Waals surface area contributed by atoms with Crippen molar-refractivity contribution < 1.29 is 37.1 Å². The molecule has 0 radical (unpaired) electrons. The minimum absolute atomic E-state index is 0.00665. The Morgan fingerprint density at radius 1 is 0.685 bits per heavy atom. The zero-order valence-corrected chi connectivity index (χ0v) is 30.4. The minimum atomic E-state index is -4.27. The molecule has 0 saturated carbocycles. The summed E-state index contributed by atoms with van der Waals surface area (Å²) in [7, 11) is -4.27. The van der Waals surface area contributed by atoms with E-state index in [0.717, 1.165) is 16.0 Å². The number of β-lactam (4-membered cyclic amide) rings is 1. The summed E-state index contributed by atoms with van der Waals surface area (Å²) in [6.07, 6.45) is 0.284. The van der Waals surface area contributed by atoms with E-state index in [4.69, 9.17) is 9.47 Å². The van der Waals surface area contributed by atoms with Crippen LogP contribution >= 0.6 is 0 Å². The van der Waals surface area contributed by atoms with Crippen LogP contribution in [0.4, 0.5) is 0 Å². The van der Waals surface area contributed by atoms with E-state index >= 15 is 0 Å². The summed E-state index contributed by atoms with van der Waals surface area (Å²) in [4.78, 5) is 56.1. The van der Waals surface area contributed by atoms with Crippen LogP contribution in [-0.4, -0.2) is 62.4 Å². The first-order chi connectivity index (χ1) is 26.1. The number of aryl methyl sites for hydroxylation is 1. The predicted octanol–water partition coefficient (Wildman–Crippen LogP) is 5.81. The van der Waals surface area contributed by atoms with Crippen LogP contribution in [0.2, 0.25) is 0 Å². The van der Waals surface area contributed by atoms with Gasteiger partial charge in [0.1, 0.15) is 13.2 Å². The summed E-state index contributed by atoms with van der Waals surface area (Å²) in [5.74, 6) is -4.43. The lowest BCUT2D eigenvalue weighted by Gasteiger charge is -2.47. The molecule has 0 spiro atoms. The molecule has 1 aliphatic heterocycles. The Hall–Kier alpha value is -5.91. The third kappa shape index (κ3) is 9.17. The topological polar surface area (TPSA) is 136 Å². The number of carbonyl (C=O) groups excluding carboxylic acids is 4. The van der Waals surface area contributed by atoms with Crippen molar-refractivity contribution in [2.24, 2.45) is 11.8 Å². The van der Waals surface area contributed by atoms with Crippen LogP contribution in [0.25, 0.3) is 0 Å². The Labute approximate surface area is 314 Å². The molecular weight excluding hydrogens is 705 g/mol. The lowest BCUT2D eigenvalue weighted by Crippen LogP contribution is -2.68. The summed E-state index contributed by atoms with van der Waals surface area (Å²) in [5.41, 5.74) is 2.95. The van der Waals surface area contributed by atoms with Gasteiger partial charge in [0.2, 0.25) is 21.8 Å². The molecular formula is C43H40N2O8S. The molecule has 0 bridgehead atoms. The number of sulfonamides is 1. The van der Waals surface area contributed by atoms with Gasteiger partial charge in [-0.1, -0.05) is 115 Å². The maximum absolute atomic E-state index is 14.9. The summed E-state index contributed by atoms with van der Waals surface area (Å²) in [5, 5.41) is 0. The quantitative estimate of drug-likeness (QED) is 0.105. The number of likely N-dealkylation sites (tertiary alicyclic amines) is 1. The van der Waals surface area contributed by atoms with Gasteiger partial charge in [-0.15, -0.1) is 0 Å². The molecule has 276 valence electrons. The Morgan fingerprint density at radius 3 is 1.74 bits per heavy atom. The smallest absolute Gasteiger partial charge is 0.338 e. The van der Waals surface area contributed by atoms with E-state index in [1.54, 1.807) is 97.1 Å². The molecule has 4 atom stereocenters. The molecule has 54 heavy (non-hydrogen) atoms. The fraction of sp³-hybridized carbons (Fsp3) is 0.209. The number of nitrogens with zero attached hydrogens (tertiary/aromatic N) is 1. The highest BCUT2D eigenvalue weighted by Gasteiger charge is 2.53. The van der Waals surface area contributed by atoms with E-state index in [-0.39, 0.29) is 23.5 Å². The summed E-state index contributed by atoms with van der Waals surface area (Å²) in [6, 6.07) is 38.9. The van der Waals surface area contributed by atoms with Crippen LogP contribution in [0.5, 0.6) is 0 Å². The Kier molecular flexibility index (Phi) is 12.1. The molecule has 1 N–H and O–H groups in total. The van der Waals surface area contributed by atoms with Gasteiger partial charge >= 0.3 is 11.9 Å². The minimum Gasteiger partial charge on any atom is -0.460 e. The lowest BCUT2D eigenvalue weighted by molar-refractivity contribution is -0.171. The van der Waals surface area contributed by atoms with E-state index in [9.17, 15) is 27.6 Å². The van der Waals surface area contributed by atoms with Crippen LogP contribution in [0.1, 0.15) is 37.4 Å². The first-order valence-corrected chi connectivity index (χ1v) is 19.1. The predicted molar refractivity (Wildman–Crippen MR) is 202 cm³/mol. The van der Waals surface area contributed by atoms with Gasteiger partial charge in [-0.3, -0.25) is 14.5 Å². The molecule has 2 unspecified atom stereocenters. The molecule has 6 rings (SSSR count). The highest BCUT2D eigenvalue weighted by Crippen LogP contribution is 2.34. The van der Waals surface area contributed by atoms with Gasteiger partial charge in [0.25, 0.3) is 0 Å². The number of rotatable bonds is 15. The normalized spacial score (nSPS) is 16.5. The standard InChI is InChI=1S/C43H40N2O8S/c1-30-22-24-35(25-23-30)54(50,51)44-38(28-52-42(48)33-18-10-4-11-19-33)36(26-31-14-6-2-7-15-31)40(46)45-39(29-53-43(49)34-20-12-5-13-21-34)37(41(45)47)27-32-16-8-3-9-17-32/h2-25,36-39,44H,26-29H2,1H3/t36?,37-,38?,39+/m0/s1. The maximum atomic E-state index is 14.9. The highest BCUT2D eigenvalue weighted by molar-refractivity contribution is 7.89. The second kappa shape index (κ2) is 17.3. The van der Waals surface area contributed by atoms with Gasteiger partial charge < -0.3 is 9.47 Å². The average molecular weight is 745 g/mol. The monoisotopic (exact) mass is 744 g/mol. The van der Waals surface area contributed by atoms with Crippen LogP contribution < -0.4 is 4.72 Å². The second-order valence-electron chi connectivity index (χ2n) is 13.2. The van der Waals surface area contributed by atoms with E-state index < -0.39 is 64.3 Å². The number of carbonyl (C=O) groups is 4. The zero-order valence-electron chi connectivity index (χ0n) is 29.6. The van der Waals surface area contributed by atoms with E-state index in [2.05, 4.69) is 4.72 Å². The molecule has 11 heteroatoms. The highest BCUT2D eigenvalue weighted by atomic mass is 32.2. The number of amides is 2. The molecule has 0 aliphatic carbocycles. The second-order valence-corrected chi connectivity index (χ2v) is 14.9. The fourth-order valence-electron chi connectivity index (χ4n) is 6.47. The molecule has 0 aromatic heterocycles. The maximum Gasteiger partial charge on any atom is 0.338 e. The molecule has 1 aliphatic rings. The first kappa shape index (κ1) is 37.8. The van der Waals surface area contributed by atoms with E-state index in [1.807, 2.05) is 43.3 Å². The number of benzene rings is 5. The number of esters is 2. The Bertz CT molecular complexity index is 2170. The van der Waals surface area contributed by atoms with Crippen molar-refractivity contribution in [3.05, 3.63) is 173 Å². The van der Waals surface area contributed by atoms with Crippen molar-refractivity contribution in [3.63, 3.8) is 0 Å². The Morgan fingerprint density at radius 2 is 1.19 bits per heavy atom. The zero-order chi connectivity index (χ0) is 38.1. The number of imide groups is 1. The van der Waals surface area contributed by atoms with Crippen molar-refractivity contribution in [2.75, 3.05) is 13.2 Å². The third-order valence-electron chi connectivity index (χ3n) is 9.42. The molecule has 1 fully saturated rings. The number of nitrogens with one attached hydrogen (secondary N) is 1.